The maximum atomic E-state index is 4.40. The maximum absolute atomic E-state index is 4.40. The van der Waals surface area contributed by atoms with Crippen molar-refractivity contribution in [1.29, 1.82) is 0 Å². The second kappa shape index (κ2) is 9.22. The van der Waals surface area contributed by atoms with Crippen molar-refractivity contribution in [2.75, 3.05) is 0 Å². The molecule has 4 heteroatoms. The average Bonchev–Trinajstić information content (AvgIpc) is 2.15. The van der Waals surface area contributed by atoms with E-state index in [9.17, 15) is 0 Å². The van der Waals surface area contributed by atoms with Crippen LogP contribution in [0.25, 0.3) is 0 Å². The summed E-state index contributed by atoms with van der Waals surface area (Å²) in [6.07, 6.45) is 3.06. The van der Waals surface area contributed by atoms with E-state index in [0.29, 0.717) is 0 Å². The lowest BCUT2D eigenvalue weighted by Gasteiger charge is -2.25. The van der Waals surface area contributed by atoms with Crippen LogP contribution < -0.4 is 0 Å². The third kappa shape index (κ3) is 6.03. The number of hydrogen-bond acceptors (Lipinski definition) is 1. The molecule has 1 rings (SSSR count). The standard InChI is InChI=1S/C12H20NP.2ClH/c1-10(2)14(11(3)4)9-12-7-5-6-8-13-12;;/h5-8,10-11H,9H2,1-4H3;2*1H. The van der Waals surface area contributed by atoms with E-state index in [2.05, 4.69) is 44.8 Å². The highest BCUT2D eigenvalue weighted by atomic mass is 35.5. The third-order valence-corrected chi connectivity index (χ3v) is 5.74. The first kappa shape index (κ1) is 18.5. The van der Waals surface area contributed by atoms with Crippen LogP contribution >= 0.6 is 32.7 Å². The molecule has 16 heavy (non-hydrogen) atoms. The van der Waals surface area contributed by atoms with Crippen LogP contribution in [-0.4, -0.2) is 16.3 Å². The molecule has 0 unspecified atom stereocenters. The van der Waals surface area contributed by atoms with Crippen molar-refractivity contribution in [3.8, 4) is 0 Å². The van der Waals surface area contributed by atoms with E-state index in [4.69, 9.17) is 0 Å². The minimum absolute atomic E-state index is 0. The zero-order valence-corrected chi connectivity index (χ0v) is 12.9. The Morgan fingerprint density at radius 3 is 2.00 bits per heavy atom. The van der Waals surface area contributed by atoms with Gasteiger partial charge in [-0.25, -0.2) is 0 Å². The van der Waals surface area contributed by atoms with Crippen molar-refractivity contribution in [2.45, 2.75) is 45.2 Å². The van der Waals surface area contributed by atoms with E-state index in [1.807, 2.05) is 12.3 Å². The van der Waals surface area contributed by atoms with Gasteiger partial charge in [-0.05, 0) is 23.5 Å². The van der Waals surface area contributed by atoms with Gasteiger partial charge in [-0.3, -0.25) is 4.98 Å². The zero-order chi connectivity index (χ0) is 10.6. The Labute approximate surface area is 113 Å². The second-order valence-electron chi connectivity index (χ2n) is 4.18. The highest BCUT2D eigenvalue weighted by molar-refractivity contribution is 7.58. The first-order chi connectivity index (χ1) is 6.61. The van der Waals surface area contributed by atoms with E-state index in [0.717, 1.165) is 11.3 Å². The number of nitrogens with zero attached hydrogens (tertiary/aromatic N) is 1. The second-order valence-corrected chi connectivity index (χ2v) is 7.59. The Morgan fingerprint density at radius 1 is 1.06 bits per heavy atom. The van der Waals surface area contributed by atoms with Gasteiger partial charge in [0.05, 0.1) is 0 Å². The monoisotopic (exact) mass is 281 g/mol. The number of halogens is 2. The number of rotatable bonds is 4. The zero-order valence-electron chi connectivity index (χ0n) is 10.4. The van der Waals surface area contributed by atoms with Crippen molar-refractivity contribution in [1.82, 2.24) is 4.98 Å². The molecule has 0 spiro atoms. The fourth-order valence-corrected chi connectivity index (χ4v) is 4.12. The van der Waals surface area contributed by atoms with Gasteiger partial charge < -0.3 is 0 Å². The van der Waals surface area contributed by atoms with Gasteiger partial charge in [-0.1, -0.05) is 41.7 Å². The largest absolute Gasteiger partial charge is 0.261 e. The minimum atomic E-state index is 0. The van der Waals surface area contributed by atoms with Gasteiger partial charge in [0.25, 0.3) is 0 Å². The summed E-state index contributed by atoms with van der Waals surface area (Å²) in [5.41, 5.74) is 2.85. The van der Waals surface area contributed by atoms with Crippen molar-refractivity contribution < 1.29 is 0 Å². The molecule has 0 amide bonds. The molecule has 0 aromatic carbocycles. The summed E-state index contributed by atoms with van der Waals surface area (Å²) in [6, 6.07) is 6.20. The van der Waals surface area contributed by atoms with E-state index in [1.54, 1.807) is 0 Å². The Morgan fingerprint density at radius 2 is 1.62 bits per heavy atom. The molecular formula is C12H22Cl2NP. The van der Waals surface area contributed by atoms with Crippen molar-refractivity contribution in [3.05, 3.63) is 30.1 Å². The van der Waals surface area contributed by atoms with E-state index in [1.165, 1.54) is 11.9 Å². The number of hydrogen-bond donors (Lipinski definition) is 0. The maximum Gasteiger partial charge on any atom is 0.0446 e. The predicted octanol–water partition coefficient (Wildman–Crippen LogP) is 4.72. The van der Waals surface area contributed by atoms with Crippen molar-refractivity contribution in [2.24, 2.45) is 0 Å². The molecule has 1 aromatic rings. The molecule has 0 aliphatic heterocycles. The normalized spacial score (nSPS) is 10.2. The lowest BCUT2D eigenvalue weighted by atomic mass is 10.4. The molecule has 1 nitrogen and oxygen atoms in total. The molecular weight excluding hydrogens is 260 g/mol. The molecule has 1 heterocycles. The minimum Gasteiger partial charge on any atom is -0.261 e. The fourth-order valence-electron chi connectivity index (χ4n) is 1.64. The van der Waals surface area contributed by atoms with Crippen LogP contribution in [0.15, 0.2) is 24.4 Å². The van der Waals surface area contributed by atoms with Crippen molar-refractivity contribution in [3.63, 3.8) is 0 Å². The Bertz CT molecular complexity index is 257. The molecule has 0 bridgehead atoms. The summed E-state index contributed by atoms with van der Waals surface area (Å²) in [7, 11) is 0.0826. The van der Waals surface area contributed by atoms with Gasteiger partial charge in [0.1, 0.15) is 0 Å². The molecule has 0 radical (unpaired) electrons. The van der Waals surface area contributed by atoms with E-state index in [-0.39, 0.29) is 32.7 Å². The van der Waals surface area contributed by atoms with Crippen molar-refractivity contribution >= 4 is 32.7 Å². The van der Waals surface area contributed by atoms with Gasteiger partial charge >= 0.3 is 0 Å². The van der Waals surface area contributed by atoms with Crippen LogP contribution in [0, 0.1) is 0 Å². The third-order valence-electron chi connectivity index (χ3n) is 2.40. The Balaban J connectivity index is 0. The lowest BCUT2D eigenvalue weighted by Crippen LogP contribution is -2.06. The molecule has 0 aliphatic carbocycles. The quantitative estimate of drug-likeness (QED) is 0.728. The molecule has 0 fully saturated rings. The number of aromatic nitrogens is 1. The fraction of sp³-hybridized carbons (Fsp3) is 0.583. The SMILES string of the molecule is CC(C)P(Cc1ccccn1)C(C)C.Cl.Cl. The topological polar surface area (TPSA) is 12.9 Å². The molecule has 94 valence electrons. The first-order valence-electron chi connectivity index (χ1n) is 5.27. The highest BCUT2D eigenvalue weighted by Crippen LogP contribution is 2.48. The van der Waals surface area contributed by atoms with Gasteiger partial charge in [-0.15, -0.1) is 24.8 Å². The lowest BCUT2D eigenvalue weighted by molar-refractivity contribution is 0.986. The number of pyridine rings is 1. The van der Waals surface area contributed by atoms with Gasteiger partial charge in [-0.2, -0.15) is 0 Å². The average molecular weight is 282 g/mol. The van der Waals surface area contributed by atoms with Crippen LogP contribution in [0.4, 0.5) is 0 Å². The van der Waals surface area contributed by atoms with Crippen LogP contribution in [0.1, 0.15) is 33.4 Å². The van der Waals surface area contributed by atoms with Gasteiger partial charge in [0.2, 0.25) is 0 Å². The van der Waals surface area contributed by atoms with Gasteiger partial charge in [0, 0.05) is 18.1 Å². The molecule has 0 saturated carbocycles. The molecule has 0 saturated heterocycles. The summed E-state index contributed by atoms with van der Waals surface area (Å²) in [5.74, 6) is 0. The predicted molar refractivity (Wildman–Crippen MR) is 79.6 cm³/mol. The van der Waals surface area contributed by atoms with Crippen LogP contribution in [0.3, 0.4) is 0 Å². The van der Waals surface area contributed by atoms with Crippen LogP contribution in [-0.2, 0) is 6.16 Å². The van der Waals surface area contributed by atoms with Crippen LogP contribution in [0.5, 0.6) is 0 Å². The van der Waals surface area contributed by atoms with E-state index >= 15 is 0 Å². The first-order valence-corrected chi connectivity index (χ1v) is 6.93. The Kier molecular flexibility index (Phi) is 10.7. The summed E-state index contributed by atoms with van der Waals surface area (Å²) < 4.78 is 0. The smallest absolute Gasteiger partial charge is 0.0446 e. The Hall–Kier alpha value is 0.160. The highest BCUT2D eigenvalue weighted by Gasteiger charge is 2.17. The molecule has 0 atom stereocenters. The van der Waals surface area contributed by atoms with E-state index < -0.39 is 0 Å². The molecule has 0 N–H and O–H groups in total. The van der Waals surface area contributed by atoms with Crippen LogP contribution in [0.2, 0.25) is 0 Å². The summed E-state index contributed by atoms with van der Waals surface area (Å²) in [6.45, 7) is 9.31. The summed E-state index contributed by atoms with van der Waals surface area (Å²) in [5, 5.41) is 0. The summed E-state index contributed by atoms with van der Waals surface area (Å²) in [4.78, 5) is 4.40. The summed E-state index contributed by atoms with van der Waals surface area (Å²) >= 11 is 0. The van der Waals surface area contributed by atoms with Gasteiger partial charge in [0.15, 0.2) is 0 Å². The molecule has 0 aliphatic rings. The molecule has 1 aromatic heterocycles.